The predicted molar refractivity (Wildman–Crippen MR) is 93.4 cm³/mol. The molecule has 1 unspecified atom stereocenters. The average molecular weight is 323 g/mol. The lowest BCUT2D eigenvalue weighted by Gasteiger charge is -2.38. The maximum Gasteiger partial charge on any atom is 0.180 e. The van der Waals surface area contributed by atoms with Gasteiger partial charge in [0.05, 0.1) is 0 Å². The molecule has 4 heterocycles. The molecule has 7 nitrogen and oxygen atoms in total. The van der Waals surface area contributed by atoms with E-state index in [1.54, 1.807) is 6.33 Å². The van der Waals surface area contributed by atoms with Gasteiger partial charge in [0, 0.05) is 62.7 Å². The van der Waals surface area contributed by atoms with E-state index in [1.807, 2.05) is 42.2 Å². The first-order valence-electron chi connectivity index (χ1n) is 8.26. The molecule has 0 saturated carbocycles. The van der Waals surface area contributed by atoms with Crippen LogP contribution in [-0.2, 0) is 0 Å². The van der Waals surface area contributed by atoms with Gasteiger partial charge in [-0.05, 0) is 19.8 Å². The van der Waals surface area contributed by atoms with E-state index < -0.39 is 0 Å². The third-order valence-electron chi connectivity index (χ3n) is 4.69. The molecule has 1 fully saturated rings. The number of aromatic nitrogens is 5. The highest BCUT2D eigenvalue weighted by Crippen LogP contribution is 2.25. The highest BCUT2D eigenvalue weighted by molar-refractivity contribution is 5.64. The number of imidazole rings is 1. The summed E-state index contributed by atoms with van der Waals surface area (Å²) in [5.74, 6) is 1.93. The molecule has 1 saturated heterocycles. The van der Waals surface area contributed by atoms with Gasteiger partial charge >= 0.3 is 0 Å². The van der Waals surface area contributed by atoms with Crippen molar-refractivity contribution in [2.24, 2.45) is 0 Å². The van der Waals surface area contributed by atoms with Crippen molar-refractivity contribution in [1.82, 2.24) is 24.3 Å². The standard InChI is InChI=1S/C17H21N7/c1-13-10-15(21-12-20-13)22(2)14-4-3-7-24(11-14)17-16-18-5-8-23(16)9-6-19-17/h5-6,8-10,12,14H,3-4,7,11H2,1-2H3. The summed E-state index contributed by atoms with van der Waals surface area (Å²) in [4.78, 5) is 22.2. The van der Waals surface area contributed by atoms with Crippen molar-refractivity contribution in [3.63, 3.8) is 0 Å². The van der Waals surface area contributed by atoms with Crippen molar-refractivity contribution in [1.29, 1.82) is 0 Å². The second kappa shape index (κ2) is 6.07. The number of fused-ring (bicyclic) bond motifs is 1. The van der Waals surface area contributed by atoms with E-state index >= 15 is 0 Å². The number of hydrogen-bond donors (Lipinski definition) is 0. The van der Waals surface area contributed by atoms with E-state index in [-0.39, 0.29) is 0 Å². The van der Waals surface area contributed by atoms with Gasteiger partial charge in [-0.25, -0.2) is 19.9 Å². The molecule has 3 aromatic rings. The Hall–Kier alpha value is -2.70. The Morgan fingerprint density at radius 3 is 2.79 bits per heavy atom. The first-order valence-corrected chi connectivity index (χ1v) is 8.26. The monoisotopic (exact) mass is 323 g/mol. The Morgan fingerprint density at radius 2 is 1.96 bits per heavy atom. The summed E-state index contributed by atoms with van der Waals surface area (Å²) in [6, 6.07) is 2.43. The Balaban J connectivity index is 1.58. The lowest BCUT2D eigenvalue weighted by atomic mass is 10.0. The smallest absolute Gasteiger partial charge is 0.180 e. The fraction of sp³-hybridized carbons (Fsp3) is 0.412. The van der Waals surface area contributed by atoms with Gasteiger partial charge in [-0.3, -0.25) is 0 Å². The van der Waals surface area contributed by atoms with E-state index in [9.17, 15) is 0 Å². The molecule has 1 aliphatic rings. The highest BCUT2D eigenvalue weighted by Gasteiger charge is 2.26. The van der Waals surface area contributed by atoms with Crippen molar-refractivity contribution in [3.8, 4) is 0 Å². The zero-order chi connectivity index (χ0) is 16.5. The van der Waals surface area contributed by atoms with Gasteiger partial charge in [0.2, 0.25) is 0 Å². The molecule has 24 heavy (non-hydrogen) atoms. The van der Waals surface area contributed by atoms with Crippen molar-refractivity contribution < 1.29 is 0 Å². The zero-order valence-electron chi connectivity index (χ0n) is 14.0. The molecule has 0 bridgehead atoms. The van der Waals surface area contributed by atoms with Gasteiger partial charge in [0.25, 0.3) is 0 Å². The molecule has 7 heteroatoms. The molecule has 0 radical (unpaired) electrons. The second-order valence-electron chi connectivity index (χ2n) is 6.28. The average Bonchev–Trinajstić information content (AvgIpc) is 3.10. The van der Waals surface area contributed by atoms with E-state index in [0.717, 1.165) is 48.9 Å². The van der Waals surface area contributed by atoms with Crippen LogP contribution < -0.4 is 9.80 Å². The first-order chi connectivity index (χ1) is 11.7. The molecule has 1 atom stereocenters. The third kappa shape index (κ3) is 2.66. The van der Waals surface area contributed by atoms with Gasteiger partial charge in [0.15, 0.2) is 11.5 Å². The van der Waals surface area contributed by atoms with Crippen LogP contribution in [0.5, 0.6) is 0 Å². The van der Waals surface area contributed by atoms with Crippen molar-refractivity contribution >= 4 is 17.3 Å². The molecule has 0 aromatic carbocycles. The minimum atomic E-state index is 0.394. The molecular formula is C17H21N7. The number of anilines is 2. The Morgan fingerprint density at radius 1 is 1.12 bits per heavy atom. The van der Waals surface area contributed by atoms with E-state index in [4.69, 9.17) is 0 Å². The van der Waals surface area contributed by atoms with Crippen LogP contribution in [-0.4, -0.2) is 50.5 Å². The number of hydrogen-bond acceptors (Lipinski definition) is 6. The third-order valence-corrected chi connectivity index (χ3v) is 4.69. The molecule has 0 spiro atoms. The normalized spacial score (nSPS) is 18.1. The van der Waals surface area contributed by atoms with E-state index in [2.05, 4.69) is 36.8 Å². The summed E-state index contributed by atoms with van der Waals surface area (Å²) in [5, 5.41) is 0. The summed E-state index contributed by atoms with van der Waals surface area (Å²) in [5.41, 5.74) is 1.90. The maximum absolute atomic E-state index is 4.58. The molecule has 0 amide bonds. The maximum atomic E-state index is 4.58. The second-order valence-corrected chi connectivity index (χ2v) is 6.28. The van der Waals surface area contributed by atoms with Crippen LogP contribution in [0, 0.1) is 6.92 Å². The first kappa shape index (κ1) is 14.9. The van der Waals surface area contributed by atoms with Crippen molar-refractivity contribution in [3.05, 3.63) is 42.9 Å². The molecule has 0 N–H and O–H groups in total. The molecular weight excluding hydrogens is 302 g/mol. The highest BCUT2D eigenvalue weighted by atomic mass is 15.3. The van der Waals surface area contributed by atoms with Crippen LogP contribution in [0.3, 0.4) is 0 Å². The fourth-order valence-corrected chi connectivity index (χ4v) is 3.35. The molecule has 3 aromatic heterocycles. The largest absolute Gasteiger partial charge is 0.355 e. The summed E-state index contributed by atoms with van der Waals surface area (Å²) in [6.07, 6.45) is 11.5. The quantitative estimate of drug-likeness (QED) is 0.734. The zero-order valence-corrected chi connectivity index (χ0v) is 14.0. The van der Waals surface area contributed by atoms with Gasteiger partial charge < -0.3 is 14.2 Å². The number of aryl methyl sites for hydroxylation is 1. The number of likely N-dealkylation sites (N-methyl/N-ethyl adjacent to an activating group) is 1. The summed E-state index contributed by atoms with van der Waals surface area (Å²) in [6.45, 7) is 3.92. The number of nitrogens with zero attached hydrogens (tertiary/aromatic N) is 7. The summed E-state index contributed by atoms with van der Waals surface area (Å²) >= 11 is 0. The Kier molecular flexibility index (Phi) is 3.76. The lowest BCUT2D eigenvalue weighted by Crippen LogP contribution is -2.47. The lowest BCUT2D eigenvalue weighted by molar-refractivity contribution is 0.483. The molecule has 0 aliphatic carbocycles. The van der Waals surface area contributed by atoms with E-state index in [1.165, 1.54) is 0 Å². The molecule has 4 rings (SSSR count). The minimum absolute atomic E-state index is 0.394. The number of rotatable bonds is 3. The van der Waals surface area contributed by atoms with Crippen molar-refractivity contribution in [2.75, 3.05) is 29.9 Å². The summed E-state index contributed by atoms with van der Waals surface area (Å²) < 4.78 is 2.02. The van der Waals surface area contributed by atoms with Crippen LogP contribution in [0.4, 0.5) is 11.6 Å². The van der Waals surface area contributed by atoms with Crippen molar-refractivity contribution in [2.45, 2.75) is 25.8 Å². The van der Waals surface area contributed by atoms with Gasteiger partial charge in [-0.2, -0.15) is 0 Å². The van der Waals surface area contributed by atoms with Gasteiger partial charge in [-0.15, -0.1) is 0 Å². The fourth-order valence-electron chi connectivity index (χ4n) is 3.35. The predicted octanol–water partition coefficient (Wildman–Crippen LogP) is 1.93. The SMILES string of the molecule is Cc1cc(N(C)C2CCCN(c3nccn4ccnc34)C2)ncn1. The Labute approximate surface area is 141 Å². The van der Waals surface area contributed by atoms with Gasteiger partial charge in [-0.1, -0.05) is 0 Å². The van der Waals surface area contributed by atoms with Gasteiger partial charge in [0.1, 0.15) is 12.1 Å². The van der Waals surface area contributed by atoms with Crippen LogP contribution in [0.1, 0.15) is 18.5 Å². The van der Waals surface area contributed by atoms with Crippen LogP contribution in [0.2, 0.25) is 0 Å². The van der Waals surface area contributed by atoms with Crippen LogP contribution in [0.25, 0.3) is 5.65 Å². The minimum Gasteiger partial charge on any atom is -0.355 e. The van der Waals surface area contributed by atoms with Crippen LogP contribution in [0.15, 0.2) is 37.2 Å². The Bertz CT molecular complexity index is 844. The molecule has 1 aliphatic heterocycles. The van der Waals surface area contributed by atoms with Crippen LogP contribution >= 0.6 is 0 Å². The number of piperidine rings is 1. The van der Waals surface area contributed by atoms with E-state index in [0.29, 0.717) is 6.04 Å². The molecule has 124 valence electrons. The summed E-state index contributed by atoms with van der Waals surface area (Å²) in [7, 11) is 2.11. The topological polar surface area (TPSA) is 62.5 Å².